The van der Waals surface area contributed by atoms with Gasteiger partial charge in [0.2, 0.25) is 5.56 Å². The van der Waals surface area contributed by atoms with Gasteiger partial charge in [0.1, 0.15) is 30.5 Å². The normalized spacial score (nSPS) is 14.7. The maximum atomic E-state index is 11.9. The predicted molar refractivity (Wildman–Crippen MR) is 145 cm³/mol. The van der Waals surface area contributed by atoms with Crippen LogP contribution in [0.3, 0.4) is 0 Å². The number of anilines is 1. The topological polar surface area (TPSA) is 112 Å². The second-order valence-electron chi connectivity index (χ2n) is 9.58. The summed E-state index contributed by atoms with van der Waals surface area (Å²) in [4.78, 5) is 14.7. The lowest BCUT2D eigenvalue weighted by atomic mass is 10.1. The van der Waals surface area contributed by atoms with Crippen LogP contribution in [-0.4, -0.2) is 17.9 Å². The summed E-state index contributed by atoms with van der Waals surface area (Å²) in [6, 6.07) is 22.9. The highest BCUT2D eigenvalue weighted by Crippen LogP contribution is 2.28. The smallest absolute Gasteiger partial charge is 0.248 e. The van der Waals surface area contributed by atoms with Gasteiger partial charge in [0.25, 0.3) is 0 Å². The van der Waals surface area contributed by atoms with Crippen molar-refractivity contribution in [3.8, 4) is 17.2 Å². The fourth-order valence-corrected chi connectivity index (χ4v) is 4.03. The van der Waals surface area contributed by atoms with Crippen molar-refractivity contribution in [1.29, 1.82) is 0 Å². The van der Waals surface area contributed by atoms with Crippen LogP contribution in [0.4, 0.5) is 5.69 Å². The number of para-hydroxylation sites is 1. The van der Waals surface area contributed by atoms with Crippen LogP contribution in [0.5, 0.6) is 17.2 Å². The zero-order valence-corrected chi connectivity index (χ0v) is 21.1. The lowest BCUT2D eigenvalue weighted by Gasteiger charge is -2.15. The number of hydrogen-bond donors (Lipinski definition) is 3. The summed E-state index contributed by atoms with van der Waals surface area (Å²) in [7, 11) is 0. The van der Waals surface area contributed by atoms with Crippen LogP contribution in [0.1, 0.15) is 31.4 Å². The Morgan fingerprint density at radius 1 is 0.892 bits per heavy atom. The number of rotatable bonds is 11. The molecule has 3 aromatic carbocycles. The summed E-state index contributed by atoms with van der Waals surface area (Å²) < 4.78 is 18.3. The van der Waals surface area contributed by atoms with E-state index in [0.29, 0.717) is 42.8 Å². The first-order chi connectivity index (χ1) is 17.9. The average molecular weight is 501 g/mol. The van der Waals surface area contributed by atoms with Crippen molar-refractivity contribution in [1.82, 2.24) is 10.4 Å². The number of H-pyrrole nitrogens is 1. The molecule has 8 nitrogen and oxygen atoms in total. The molecule has 0 radical (unpaired) electrons. The highest BCUT2D eigenvalue weighted by molar-refractivity contribution is 5.84. The Bertz CT molecular complexity index is 1440. The standard InChI is InChI=1S/C29H32N4O4/c1-19(2)11-12-35-24-14-21(18-37-26-8-4-6-22-9-10-27(34)31-28(22)26)15-25(16-24)36-17-20-5-3-7-23(13-20)33-29(30)32-33/h3-10,13-16,19,29,32H,11-12,17-18,30H2,1-2H3,(H,31,34). The lowest BCUT2D eigenvalue weighted by molar-refractivity contribution is 0.276. The number of fused-ring (bicyclic) bond motifs is 1. The Hall–Kier alpha value is -4.01. The zero-order valence-electron chi connectivity index (χ0n) is 21.1. The first-order valence-corrected chi connectivity index (χ1v) is 12.5. The average Bonchev–Trinajstić information content (AvgIpc) is 3.62. The van der Waals surface area contributed by atoms with Gasteiger partial charge in [-0.05, 0) is 59.9 Å². The van der Waals surface area contributed by atoms with E-state index in [1.807, 2.05) is 65.7 Å². The first-order valence-electron chi connectivity index (χ1n) is 12.5. The number of nitrogens with one attached hydrogen (secondary N) is 2. The molecule has 1 aromatic heterocycles. The highest BCUT2D eigenvalue weighted by Gasteiger charge is 2.29. The van der Waals surface area contributed by atoms with E-state index in [9.17, 15) is 4.79 Å². The Morgan fingerprint density at radius 3 is 2.43 bits per heavy atom. The molecule has 1 aliphatic heterocycles. The zero-order chi connectivity index (χ0) is 25.8. The van der Waals surface area contributed by atoms with E-state index in [0.717, 1.165) is 34.4 Å². The van der Waals surface area contributed by atoms with Gasteiger partial charge in [-0.2, -0.15) is 5.43 Å². The summed E-state index contributed by atoms with van der Waals surface area (Å²) in [6.07, 6.45) is 0.817. The van der Waals surface area contributed by atoms with Crippen LogP contribution in [0.25, 0.3) is 10.9 Å². The Labute approximate surface area is 215 Å². The SMILES string of the molecule is CC(C)CCOc1cc(COc2cccc3ccc(=O)[nH]c23)cc(OCc2cccc(N3NC3N)c2)c1. The van der Waals surface area contributed by atoms with E-state index in [1.54, 1.807) is 6.07 Å². The number of aromatic nitrogens is 1. The van der Waals surface area contributed by atoms with Gasteiger partial charge in [0, 0.05) is 17.5 Å². The number of aromatic amines is 1. The molecule has 1 aliphatic rings. The number of hydrogen-bond acceptors (Lipinski definition) is 7. The van der Waals surface area contributed by atoms with E-state index in [2.05, 4.69) is 24.3 Å². The van der Waals surface area contributed by atoms with Crippen LogP contribution in [-0.2, 0) is 13.2 Å². The lowest BCUT2D eigenvalue weighted by Crippen LogP contribution is -2.09. The van der Waals surface area contributed by atoms with Crippen molar-refractivity contribution in [2.24, 2.45) is 11.7 Å². The summed E-state index contributed by atoms with van der Waals surface area (Å²) in [6.45, 7) is 5.66. The molecule has 0 aliphatic carbocycles. The molecule has 1 atom stereocenters. The number of benzene rings is 3. The molecule has 2 heterocycles. The molecular formula is C29H32N4O4. The molecule has 4 N–H and O–H groups in total. The second-order valence-corrected chi connectivity index (χ2v) is 9.58. The maximum absolute atomic E-state index is 11.9. The summed E-state index contributed by atoms with van der Waals surface area (Å²) in [5.74, 6) is 2.59. The molecule has 192 valence electrons. The maximum Gasteiger partial charge on any atom is 0.248 e. The van der Waals surface area contributed by atoms with E-state index in [4.69, 9.17) is 19.9 Å². The van der Waals surface area contributed by atoms with Crippen molar-refractivity contribution in [3.63, 3.8) is 0 Å². The largest absolute Gasteiger partial charge is 0.493 e. The van der Waals surface area contributed by atoms with Crippen molar-refractivity contribution < 1.29 is 14.2 Å². The minimum atomic E-state index is -0.167. The molecular weight excluding hydrogens is 468 g/mol. The van der Waals surface area contributed by atoms with E-state index >= 15 is 0 Å². The van der Waals surface area contributed by atoms with Crippen LogP contribution in [0.15, 0.2) is 77.6 Å². The fraction of sp³-hybridized carbons (Fsp3) is 0.276. The molecule has 0 bridgehead atoms. The van der Waals surface area contributed by atoms with Gasteiger partial charge in [0.15, 0.2) is 6.29 Å². The second kappa shape index (κ2) is 10.9. The molecule has 1 unspecified atom stereocenters. The number of ether oxygens (including phenoxy) is 3. The summed E-state index contributed by atoms with van der Waals surface area (Å²) >= 11 is 0. The van der Waals surface area contributed by atoms with Crippen LogP contribution in [0.2, 0.25) is 0 Å². The number of nitrogens with two attached hydrogens (primary N) is 1. The van der Waals surface area contributed by atoms with Gasteiger partial charge < -0.3 is 19.2 Å². The Kier molecular flexibility index (Phi) is 7.30. The van der Waals surface area contributed by atoms with Gasteiger partial charge in [-0.1, -0.05) is 38.1 Å². The summed E-state index contributed by atoms with van der Waals surface area (Å²) in [5, 5.41) is 2.80. The van der Waals surface area contributed by atoms with E-state index < -0.39 is 0 Å². The minimum Gasteiger partial charge on any atom is -0.493 e. The van der Waals surface area contributed by atoms with Crippen molar-refractivity contribution in [2.75, 3.05) is 11.6 Å². The van der Waals surface area contributed by atoms with Gasteiger partial charge in [-0.3, -0.25) is 15.5 Å². The number of pyridine rings is 1. The fourth-order valence-electron chi connectivity index (χ4n) is 4.03. The third-order valence-electron chi connectivity index (χ3n) is 6.10. The third kappa shape index (κ3) is 6.41. The summed E-state index contributed by atoms with van der Waals surface area (Å²) in [5.41, 5.74) is 12.4. The number of hydrazine groups is 1. The van der Waals surface area contributed by atoms with Crippen LogP contribution in [0, 0.1) is 5.92 Å². The minimum absolute atomic E-state index is 0.141. The van der Waals surface area contributed by atoms with E-state index in [-0.39, 0.29) is 11.8 Å². The number of nitrogens with zero attached hydrogens (tertiary/aromatic N) is 1. The Morgan fingerprint density at radius 2 is 1.65 bits per heavy atom. The quantitative estimate of drug-likeness (QED) is 0.256. The molecule has 0 saturated carbocycles. The van der Waals surface area contributed by atoms with Crippen LogP contribution < -0.4 is 35.9 Å². The van der Waals surface area contributed by atoms with Gasteiger partial charge in [-0.25, -0.2) is 0 Å². The van der Waals surface area contributed by atoms with Crippen molar-refractivity contribution >= 4 is 16.6 Å². The van der Waals surface area contributed by atoms with Gasteiger partial charge in [0.05, 0.1) is 17.8 Å². The molecule has 0 spiro atoms. The monoisotopic (exact) mass is 500 g/mol. The molecule has 1 saturated heterocycles. The van der Waals surface area contributed by atoms with Crippen molar-refractivity contribution in [2.45, 2.75) is 39.8 Å². The van der Waals surface area contributed by atoms with Gasteiger partial charge in [-0.15, -0.1) is 0 Å². The highest BCUT2D eigenvalue weighted by atomic mass is 16.5. The molecule has 5 rings (SSSR count). The molecule has 1 fully saturated rings. The molecule has 4 aromatic rings. The van der Waals surface area contributed by atoms with Crippen molar-refractivity contribution in [3.05, 3.63) is 94.3 Å². The Balaban J connectivity index is 1.33. The predicted octanol–water partition coefficient (Wildman–Crippen LogP) is 4.68. The molecule has 37 heavy (non-hydrogen) atoms. The molecule has 8 heteroatoms. The van der Waals surface area contributed by atoms with E-state index in [1.165, 1.54) is 6.07 Å². The third-order valence-corrected chi connectivity index (χ3v) is 6.10. The first kappa shape index (κ1) is 24.7. The molecule has 0 amide bonds. The van der Waals surface area contributed by atoms with Crippen LogP contribution >= 0.6 is 0 Å². The van der Waals surface area contributed by atoms with Gasteiger partial charge >= 0.3 is 0 Å².